The highest BCUT2D eigenvalue weighted by atomic mass is 19.2. The number of hydrogen-bond donors (Lipinski definition) is 1. The van der Waals surface area contributed by atoms with E-state index in [-0.39, 0.29) is 35.3 Å². The van der Waals surface area contributed by atoms with Gasteiger partial charge in [0.1, 0.15) is 5.82 Å². The molecular weight excluding hydrogens is 460 g/mol. The van der Waals surface area contributed by atoms with Crippen LogP contribution in [0.4, 0.5) is 17.6 Å². The zero-order valence-electron chi connectivity index (χ0n) is 20.4. The normalized spacial score (nSPS) is 29.3. The molecule has 2 aromatic rings. The summed E-state index contributed by atoms with van der Waals surface area (Å²) in [4.78, 5) is 0. The van der Waals surface area contributed by atoms with Crippen LogP contribution in [-0.4, -0.2) is 18.3 Å². The molecule has 1 saturated carbocycles. The Morgan fingerprint density at radius 1 is 0.886 bits per heavy atom. The molecule has 4 rings (SSSR count). The van der Waals surface area contributed by atoms with Gasteiger partial charge in [-0.1, -0.05) is 64.5 Å². The monoisotopic (exact) mass is 494 g/mol. The van der Waals surface area contributed by atoms with E-state index in [1.807, 2.05) is 0 Å². The molecule has 1 saturated heterocycles. The van der Waals surface area contributed by atoms with Gasteiger partial charge in [0.2, 0.25) is 0 Å². The van der Waals surface area contributed by atoms with Gasteiger partial charge < -0.3 is 14.6 Å². The number of aliphatic hydroxyl groups is 1. The summed E-state index contributed by atoms with van der Waals surface area (Å²) in [5, 5.41) is 11.0. The smallest absolute Gasteiger partial charge is 0.309 e. The second kappa shape index (κ2) is 10.6. The molecule has 0 spiro atoms. The van der Waals surface area contributed by atoms with Crippen LogP contribution < -0.4 is 0 Å². The number of unbranched alkanes of at least 4 members (excludes halogenated alkanes) is 2. The standard InChI is InChI=1S/C28H34F4O3/c1-3-4-5-6-18-7-9-20(10-8-18)27(2)16-34-28(33,35-17-27)21-11-12-22(23(29)15-21)19-13-24(30)26(32)25(31)14-19/h11-15,18,20,33H,3-10,16-17H2,1-2H3. The van der Waals surface area contributed by atoms with Crippen LogP contribution >= 0.6 is 0 Å². The number of hydrogen-bond acceptors (Lipinski definition) is 3. The minimum atomic E-state index is -2.12. The number of halogens is 4. The minimum Gasteiger partial charge on any atom is -0.339 e. The minimum absolute atomic E-state index is 0.0449. The van der Waals surface area contributed by atoms with E-state index in [0.717, 1.165) is 37.0 Å². The Morgan fingerprint density at radius 3 is 2.09 bits per heavy atom. The van der Waals surface area contributed by atoms with Crippen molar-refractivity contribution in [3.8, 4) is 11.1 Å². The van der Waals surface area contributed by atoms with Crippen LogP contribution in [0.2, 0.25) is 0 Å². The lowest BCUT2D eigenvalue weighted by atomic mass is 9.67. The van der Waals surface area contributed by atoms with Crippen LogP contribution in [0.5, 0.6) is 0 Å². The fraction of sp³-hybridized carbons (Fsp3) is 0.571. The van der Waals surface area contributed by atoms with E-state index in [9.17, 15) is 22.7 Å². The van der Waals surface area contributed by atoms with Gasteiger partial charge in [-0.25, -0.2) is 17.6 Å². The van der Waals surface area contributed by atoms with Gasteiger partial charge in [-0.15, -0.1) is 0 Å². The third-order valence-corrected chi connectivity index (χ3v) is 7.87. The number of ether oxygens (including phenoxy) is 2. The zero-order valence-corrected chi connectivity index (χ0v) is 20.4. The van der Waals surface area contributed by atoms with Crippen molar-refractivity contribution >= 4 is 0 Å². The van der Waals surface area contributed by atoms with Crippen molar-refractivity contribution in [3.05, 3.63) is 59.2 Å². The highest BCUT2D eigenvalue weighted by molar-refractivity contribution is 5.65. The molecule has 0 amide bonds. The van der Waals surface area contributed by atoms with Gasteiger partial charge in [0.25, 0.3) is 0 Å². The van der Waals surface area contributed by atoms with Gasteiger partial charge in [0.05, 0.1) is 13.2 Å². The van der Waals surface area contributed by atoms with Gasteiger partial charge in [-0.3, -0.25) is 0 Å². The van der Waals surface area contributed by atoms with Crippen molar-refractivity contribution in [2.24, 2.45) is 17.3 Å². The molecule has 2 aromatic carbocycles. The van der Waals surface area contributed by atoms with Gasteiger partial charge in [0, 0.05) is 16.5 Å². The van der Waals surface area contributed by atoms with E-state index in [2.05, 4.69) is 13.8 Å². The van der Waals surface area contributed by atoms with Gasteiger partial charge in [-0.2, -0.15) is 0 Å². The number of benzene rings is 2. The van der Waals surface area contributed by atoms with E-state index in [0.29, 0.717) is 5.92 Å². The fourth-order valence-electron chi connectivity index (χ4n) is 5.50. The maximum Gasteiger partial charge on any atom is 0.309 e. The Bertz CT molecular complexity index is 1000. The molecule has 1 aliphatic heterocycles. The van der Waals surface area contributed by atoms with Gasteiger partial charge in [0.15, 0.2) is 17.5 Å². The molecule has 35 heavy (non-hydrogen) atoms. The summed E-state index contributed by atoms with van der Waals surface area (Å²) in [7, 11) is 0. The molecule has 2 aliphatic rings. The average Bonchev–Trinajstić information content (AvgIpc) is 2.85. The summed E-state index contributed by atoms with van der Waals surface area (Å²) in [5.74, 6) is -6.17. The van der Waals surface area contributed by atoms with E-state index in [1.54, 1.807) is 0 Å². The van der Waals surface area contributed by atoms with E-state index < -0.39 is 29.2 Å². The second-order valence-electron chi connectivity index (χ2n) is 10.5. The van der Waals surface area contributed by atoms with Crippen molar-refractivity contribution in [2.45, 2.75) is 71.2 Å². The molecule has 0 unspecified atom stereocenters. The molecule has 0 radical (unpaired) electrons. The SMILES string of the molecule is CCCCCC1CCC(C2(C)COC(O)(c3ccc(-c4cc(F)c(F)c(F)c4)c(F)c3)OC2)CC1. The fourth-order valence-corrected chi connectivity index (χ4v) is 5.50. The van der Waals surface area contributed by atoms with Gasteiger partial charge >= 0.3 is 5.97 Å². The first-order valence-corrected chi connectivity index (χ1v) is 12.6. The lowest BCUT2D eigenvalue weighted by Crippen LogP contribution is -2.50. The summed E-state index contributed by atoms with van der Waals surface area (Å²) in [5.41, 5.74) is -0.488. The summed E-state index contributed by atoms with van der Waals surface area (Å²) in [6.07, 6.45) is 9.72. The molecule has 1 heterocycles. The van der Waals surface area contributed by atoms with Crippen LogP contribution in [0, 0.1) is 40.5 Å². The Morgan fingerprint density at radius 2 is 1.51 bits per heavy atom. The van der Waals surface area contributed by atoms with Crippen LogP contribution in [0.1, 0.15) is 70.8 Å². The van der Waals surface area contributed by atoms with E-state index in [1.165, 1.54) is 50.7 Å². The molecule has 2 fully saturated rings. The van der Waals surface area contributed by atoms with Crippen molar-refractivity contribution in [1.82, 2.24) is 0 Å². The molecular formula is C28H34F4O3. The summed E-state index contributed by atoms with van der Waals surface area (Å²) in [6, 6.07) is 5.10. The first-order chi connectivity index (χ1) is 16.6. The van der Waals surface area contributed by atoms with Crippen LogP contribution in [-0.2, 0) is 15.4 Å². The summed E-state index contributed by atoms with van der Waals surface area (Å²) >= 11 is 0. The Hall–Kier alpha value is -1.96. The predicted octanol–water partition coefficient (Wildman–Crippen LogP) is 7.45. The molecule has 1 N–H and O–H groups in total. The summed E-state index contributed by atoms with van der Waals surface area (Å²) in [6.45, 7) is 4.87. The zero-order chi connectivity index (χ0) is 25.2. The van der Waals surface area contributed by atoms with Gasteiger partial charge in [-0.05, 0) is 48.4 Å². The molecule has 0 atom stereocenters. The lowest BCUT2D eigenvalue weighted by Gasteiger charge is -2.47. The van der Waals surface area contributed by atoms with E-state index >= 15 is 0 Å². The highest BCUT2D eigenvalue weighted by Gasteiger charge is 2.47. The van der Waals surface area contributed by atoms with Crippen LogP contribution in [0.15, 0.2) is 30.3 Å². The Balaban J connectivity index is 1.40. The van der Waals surface area contributed by atoms with Crippen molar-refractivity contribution < 1.29 is 32.1 Å². The summed E-state index contributed by atoms with van der Waals surface area (Å²) < 4.78 is 66.8. The number of rotatable bonds is 7. The lowest BCUT2D eigenvalue weighted by molar-refractivity contribution is -0.419. The maximum absolute atomic E-state index is 14.9. The third-order valence-electron chi connectivity index (χ3n) is 7.87. The molecule has 192 valence electrons. The third kappa shape index (κ3) is 5.57. The first kappa shape index (κ1) is 26.1. The molecule has 1 aliphatic carbocycles. The Labute approximate surface area is 204 Å². The average molecular weight is 495 g/mol. The van der Waals surface area contributed by atoms with Crippen molar-refractivity contribution in [3.63, 3.8) is 0 Å². The quantitative estimate of drug-likeness (QED) is 0.247. The largest absolute Gasteiger partial charge is 0.339 e. The molecule has 7 heteroatoms. The topological polar surface area (TPSA) is 38.7 Å². The maximum atomic E-state index is 14.9. The van der Waals surface area contributed by atoms with E-state index in [4.69, 9.17) is 9.47 Å². The molecule has 0 aromatic heterocycles. The molecule has 3 nitrogen and oxygen atoms in total. The van der Waals surface area contributed by atoms with Crippen molar-refractivity contribution in [2.75, 3.05) is 13.2 Å². The predicted molar refractivity (Wildman–Crippen MR) is 125 cm³/mol. The van der Waals surface area contributed by atoms with Crippen LogP contribution in [0.25, 0.3) is 11.1 Å². The highest BCUT2D eigenvalue weighted by Crippen LogP contribution is 2.46. The second-order valence-corrected chi connectivity index (χ2v) is 10.5. The van der Waals surface area contributed by atoms with Crippen molar-refractivity contribution in [1.29, 1.82) is 0 Å². The Kier molecular flexibility index (Phi) is 7.89. The molecule has 0 bridgehead atoms. The first-order valence-electron chi connectivity index (χ1n) is 12.6. The van der Waals surface area contributed by atoms with Crippen LogP contribution in [0.3, 0.4) is 0 Å².